The van der Waals surface area contributed by atoms with Gasteiger partial charge >= 0.3 is 0 Å². The minimum Gasteiger partial charge on any atom is -0.356 e. The Kier molecular flexibility index (Phi) is 5.83. The number of H-pyrrole nitrogens is 1. The first-order valence-electron chi connectivity index (χ1n) is 8.54. The molecule has 8 nitrogen and oxygen atoms in total. The number of amides is 1. The number of aromatic nitrogens is 3. The normalized spacial score (nSPS) is 15.9. The van der Waals surface area contributed by atoms with Crippen molar-refractivity contribution in [1.82, 2.24) is 20.3 Å². The molecule has 1 aliphatic rings. The summed E-state index contributed by atoms with van der Waals surface area (Å²) < 4.78 is 0. The Morgan fingerprint density at radius 1 is 1.40 bits per heavy atom. The smallest absolute Gasteiger partial charge is 0.254 e. The van der Waals surface area contributed by atoms with E-state index in [4.69, 9.17) is 9.79 Å². The molecular formula is C16H24N5O3P. The Bertz CT molecular complexity index is 728. The molecule has 0 radical (unpaired) electrons. The molecule has 25 heavy (non-hydrogen) atoms. The Morgan fingerprint density at radius 2 is 2.16 bits per heavy atom. The molecule has 0 saturated carbocycles. The maximum atomic E-state index is 11.9. The highest BCUT2D eigenvalue weighted by molar-refractivity contribution is 7.45. The Labute approximate surface area is 147 Å². The third-order valence-electron chi connectivity index (χ3n) is 4.80. The predicted octanol–water partition coefficient (Wildman–Crippen LogP) is 1.61. The summed E-state index contributed by atoms with van der Waals surface area (Å²) >= 11 is 0. The SMILES string of the molecule is CNC(=O)c1c[nH]c2c(N3CCC(CCCP(O)O)CC3)ncnc12. The van der Waals surface area contributed by atoms with Gasteiger partial charge in [0.15, 0.2) is 14.2 Å². The molecule has 2 aromatic rings. The number of carbonyl (C=O) groups is 1. The van der Waals surface area contributed by atoms with E-state index in [1.54, 1.807) is 13.2 Å². The highest BCUT2D eigenvalue weighted by Gasteiger charge is 2.23. The van der Waals surface area contributed by atoms with Gasteiger partial charge in [0.1, 0.15) is 17.4 Å². The number of fused-ring (bicyclic) bond motifs is 1. The number of nitrogens with zero attached hydrogens (tertiary/aromatic N) is 3. The zero-order valence-corrected chi connectivity index (χ0v) is 15.2. The van der Waals surface area contributed by atoms with Crippen LogP contribution in [0.5, 0.6) is 0 Å². The molecule has 1 amide bonds. The van der Waals surface area contributed by atoms with Gasteiger partial charge in [-0.3, -0.25) is 4.79 Å². The van der Waals surface area contributed by atoms with Gasteiger partial charge in [0, 0.05) is 32.5 Å². The van der Waals surface area contributed by atoms with Crippen molar-refractivity contribution >= 4 is 31.1 Å². The van der Waals surface area contributed by atoms with Crippen molar-refractivity contribution in [2.24, 2.45) is 5.92 Å². The van der Waals surface area contributed by atoms with Crippen LogP contribution in [-0.2, 0) is 0 Å². The van der Waals surface area contributed by atoms with E-state index < -0.39 is 8.38 Å². The largest absolute Gasteiger partial charge is 0.356 e. The van der Waals surface area contributed by atoms with E-state index in [0.717, 1.165) is 50.1 Å². The molecule has 0 unspecified atom stereocenters. The number of rotatable bonds is 6. The van der Waals surface area contributed by atoms with Crippen molar-refractivity contribution in [3.8, 4) is 0 Å². The number of carbonyl (C=O) groups excluding carboxylic acids is 1. The van der Waals surface area contributed by atoms with Gasteiger partial charge in [-0.05, 0) is 31.6 Å². The molecule has 0 aromatic carbocycles. The van der Waals surface area contributed by atoms with E-state index in [9.17, 15) is 4.79 Å². The lowest BCUT2D eigenvalue weighted by Crippen LogP contribution is -2.34. The summed E-state index contributed by atoms with van der Waals surface area (Å²) in [5.41, 5.74) is 1.97. The molecule has 1 saturated heterocycles. The van der Waals surface area contributed by atoms with Crippen LogP contribution >= 0.6 is 8.38 Å². The summed E-state index contributed by atoms with van der Waals surface area (Å²) in [5.74, 6) is 1.30. The predicted molar refractivity (Wildman–Crippen MR) is 97.7 cm³/mol. The highest BCUT2D eigenvalue weighted by atomic mass is 31.2. The molecule has 1 aliphatic heterocycles. The molecule has 0 atom stereocenters. The average molecular weight is 365 g/mol. The number of hydrogen-bond acceptors (Lipinski definition) is 6. The minimum absolute atomic E-state index is 0.165. The molecule has 3 heterocycles. The first-order valence-corrected chi connectivity index (χ1v) is 9.97. The van der Waals surface area contributed by atoms with E-state index in [-0.39, 0.29) is 5.91 Å². The summed E-state index contributed by atoms with van der Waals surface area (Å²) in [6, 6.07) is 0. The Balaban J connectivity index is 1.67. The number of piperidine rings is 1. The fraction of sp³-hybridized carbons (Fsp3) is 0.562. The standard InChI is InChI=1S/C16H24N5O3P/c1-17-16(22)12-9-18-14-13(12)19-10-20-15(14)21-6-4-11(5-7-21)3-2-8-25(23)24/h9-11,18,23-24H,2-8H2,1H3,(H,17,22). The zero-order chi connectivity index (χ0) is 17.8. The fourth-order valence-electron chi connectivity index (χ4n) is 3.43. The monoisotopic (exact) mass is 365 g/mol. The van der Waals surface area contributed by atoms with Crippen LogP contribution in [-0.4, -0.2) is 56.9 Å². The number of anilines is 1. The van der Waals surface area contributed by atoms with E-state index >= 15 is 0 Å². The maximum Gasteiger partial charge on any atom is 0.254 e. The van der Waals surface area contributed by atoms with Gasteiger partial charge in [-0.25, -0.2) is 9.97 Å². The van der Waals surface area contributed by atoms with Gasteiger partial charge in [0.05, 0.1) is 5.56 Å². The first-order chi connectivity index (χ1) is 12.1. The summed E-state index contributed by atoms with van der Waals surface area (Å²) in [4.78, 5) is 44.0. The second-order valence-corrected chi connectivity index (χ2v) is 7.56. The van der Waals surface area contributed by atoms with Crippen LogP contribution in [0.1, 0.15) is 36.0 Å². The highest BCUT2D eigenvalue weighted by Crippen LogP contribution is 2.31. The van der Waals surface area contributed by atoms with E-state index in [1.165, 1.54) is 6.33 Å². The van der Waals surface area contributed by atoms with Crippen molar-refractivity contribution in [3.63, 3.8) is 0 Å². The number of aromatic amines is 1. The Morgan fingerprint density at radius 3 is 2.84 bits per heavy atom. The molecule has 2 aromatic heterocycles. The van der Waals surface area contributed by atoms with E-state index in [1.807, 2.05) is 0 Å². The third kappa shape index (κ3) is 4.08. The third-order valence-corrected chi connectivity index (χ3v) is 5.52. The molecule has 1 fully saturated rings. The average Bonchev–Trinajstić information content (AvgIpc) is 3.05. The molecule has 0 aliphatic carbocycles. The van der Waals surface area contributed by atoms with Gasteiger partial charge in [0.25, 0.3) is 5.91 Å². The van der Waals surface area contributed by atoms with Gasteiger partial charge in [0.2, 0.25) is 0 Å². The van der Waals surface area contributed by atoms with Crippen LogP contribution < -0.4 is 10.2 Å². The minimum atomic E-state index is -1.76. The fourth-order valence-corrected chi connectivity index (χ4v) is 3.89. The van der Waals surface area contributed by atoms with Crippen molar-refractivity contribution in [3.05, 3.63) is 18.1 Å². The second kappa shape index (κ2) is 8.08. The lowest BCUT2D eigenvalue weighted by atomic mass is 9.92. The topological polar surface area (TPSA) is 114 Å². The van der Waals surface area contributed by atoms with E-state index in [0.29, 0.717) is 23.2 Å². The van der Waals surface area contributed by atoms with Gasteiger partial charge < -0.3 is 25.0 Å². The molecule has 9 heteroatoms. The van der Waals surface area contributed by atoms with Crippen molar-refractivity contribution in [1.29, 1.82) is 0 Å². The summed E-state index contributed by atoms with van der Waals surface area (Å²) in [7, 11) is -0.159. The van der Waals surface area contributed by atoms with Crippen LogP contribution in [0.2, 0.25) is 0 Å². The molecule has 4 N–H and O–H groups in total. The van der Waals surface area contributed by atoms with Crippen molar-refractivity contribution in [2.75, 3.05) is 31.2 Å². The molecular weight excluding hydrogens is 341 g/mol. The van der Waals surface area contributed by atoms with Crippen LogP contribution in [0.4, 0.5) is 5.82 Å². The summed E-state index contributed by atoms with van der Waals surface area (Å²) in [6.45, 7) is 1.80. The maximum absolute atomic E-state index is 11.9. The van der Waals surface area contributed by atoms with E-state index in [2.05, 4.69) is 25.2 Å². The Hall–Kier alpha value is -1.76. The lowest BCUT2D eigenvalue weighted by Gasteiger charge is -2.33. The quantitative estimate of drug-likeness (QED) is 0.578. The zero-order valence-electron chi connectivity index (χ0n) is 14.3. The molecule has 0 bridgehead atoms. The summed E-state index contributed by atoms with van der Waals surface area (Å²) in [5, 5.41) is 2.62. The van der Waals surface area contributed by atoms with Gasteiger partial charge in [-0.1, -0.05) is 0 Å². The number of nitrogens with one attached hydrogen (secondary N) is 2. The van der Waals surface area contributed by atoms with Crippen LogP contribution in [0.25, 0.3) is 11.0 Å². The number of hydrogen-bond donors (Lipinski definition) is 4. The first kappa shape index (κ1) is 18.0. The molecule has 0 spiro atoms. The summed E-state index contributed by atoms with van der Waals surface area (Å²) in [6.07, 6.45) is 7.72. The van der Waals surface area contributed by atoms with Gasteiger partial charge in [-0.15, -0.1) is 0 Å². The molecule has 3 rings (SSSR count). The van der Waals surface area contributed by atoms with Crippen molar-refractivity contribution in [2.45, 2.75) is 25.7 Å². The van der Waals surface area contributed by atoms with Crippen LogP contribution in [0.15, 0.2) is 12.5 Å². The van der Waals surface area contributed by atoms with Crippen LogP contribution in [0.3, 0.4) is 0 Å². The molecule has 136 valence electrons. The second-order valence-electron chi connectivity index (χ2n) is 6.37. The van der Waals surface area contributed by atoms with Gasteiger partial charge in [-0.2, -0.15) is 0 Å². The van der Waals surface area contributed by atoms with Crippen molar-refractivity contribution < 1.29 is 14.6 Å². The lowest BCUT2D eigenvalue weighted by molar-refractivity contribution is 0.0964. The van der Waals surface area contributed by atoms with Crippen LogP contribution in [0, 0.1) is 5.92 Å².